The molecular formula is C14H20ClNO2. The summed E-state index contributed by atoms with van der Waals surface area (Å²) in [6.07, 6.45) is 1.07. The summed E-state index contributed by atoms with van der Waals surface area (Å²) in [5.74, 6) is -0.455. The Hall–Kier alpha value is -1.22. The van der Waals surface area contributed by atoms with Gasteiger partial charge in [-0.25, -0.2) is 4.79 Å². The minimum atomic E-state index is -0.974. The standard InChI is InChI=1S/C14H20ClNO2/c1-4-10(3)9-16(5-2)12-8-6-7-11(15)13(12)14(17)18/h6-8,10H,4-5,9H2,1-3H3,(H,17,18). The number of halogens is 1. The van der Waals surface area contributed by atoms with E-state index in [4.69, 9.17) is 11.6 Å². The Balaban J connectivity index is 3.13. The lowest BCUT2D eigenvalue weighted by atomic mass is 10.1. The Morgan fingerprint density at radius 3 is 2.61 bits per heavy atom. The number of hydrogen-bond acceptors (Lipinski definition) is 2. The number of anilines is 1. The van der Waals surface area contributed by atoms with Crippen LogP contribution < -0.4 is 4.90 Å². The van der Waals surface area contributed by atoms with Crippen LogP contribution in [0.25, 0.3) is 0 Å². The number of carboxylic acid groups (broad SMARTS) is 1. The summed E-state index contributed by atoms with van der Waals surface area (Å²) < 4.78 is 0. The molecule has 0 aromatic heterocycles. The zero-order valence-electron chi connectivity index (χ0n) is 11.1. The first-order valence-corrected chi connectivity index (χ1v) is 6.65. The van der Waals surface area contributed by atoms with Crippen molar-refractivity contribution in [3.05, 3.63) is 28.8 Å². The van der Waals surface area contributed by atoms with Gasteiger partial charge in [-0.1, -0.05) is 37.9 Å². The van der Waals surface area contributed by atoms with E-state index in [1.807, 2.05) is 13.0 Å². The van der Waals surface area contributed by atoms with Crippen LogP contribution in [0.4, 0.5) is 5.69 Å². The van der Waals surface area contributed by atoms with Crippen LogP contribution in [0.5, 0.6) is 0 Å². The maximum Gasteiger partial charge on any atom is 0.339 e. The summed E-state index contributed by atoms with van der Waals surface area (Å²) in [7, 11) is 0. The molecule has 1 N–H and O–H groups in total. The van der Waals surface area contributed by atoms with Gasteiger partial charge in [0.25, 0.3) is 0 Å². The van der Waals surface area contributed by atoms with E-state index < -0.39 is 5.97 Å². The van der Waals surface area contributed by atoms with Crippen LogP contribution in [0.2, 0.25) is 5.02 Å². The number of carboxylic acids is 1. The Kier molecular flexibility index (Phi) is 5.48. The second-order valence-electron chi connectivity index (χ2n) is 4.49. The number of carbonyl (C=O) groups is 1. The summed E-state index contributed by atoms with van der Waals surface area (Å²) in [5.41, 5.74) is 0.905. The van der Waals surface area contributed by atoms with Gasteiger partial charge in [0.2, 0.25) is 0 Å². The lowest BCUT2D eigenvalue weighted by Crippen LogP contribution is -2.29. The Bertz CT molecular complexity index is 420. The number of nitrogens with zero attached hydrogens (tertiary/aromatic N) is 1. The van der Waals surface area contributed by atoms with Gasteiger partial charge in [0.1, 0.15) is 5.56 Å². The van der Waals surface area contributed by atoms with Crippen LogP contribution in [0.15, 0.2) is 18.2 Å². The average Bonchev–Trinajstić information content (AvgIpc) is 2.34. The summed E-state index contributed by atoms with van der Waals surface area (Å²) in [5, 5.41) is 9.57. The molecule has 1 rings (SSSR count). The zero-order chi connectivity index (χ0) is 13.7. The summed E-state index contributed by atoms with van der Waals surface area (Å²) in [6, 6.07) is 5.23. The van der Waals surface area contributed by atoms with Gasteiger partial charge >= 0.3 is 5.97 Å². The van der Waals surface area contributed by atoms with E-state index in [-0.39, 0.29) is 5.56 Å². The van der Waals surface area contributed by atoms with E-state index in [2.05, 4.69) is 18.7 Å². The van der Waals surface area contributed by atoms with Crippen LogP contribution in [0, 0.1) is 5.92 Å². The van der Waals surface area contributed by atoms with Gasteiger partial charge in [0.15, 0.2) is 0 Å². The molecule has 0 radical (unpaired) electrons. The van der Waals surface area contributed by atoms with E-state index in [1.165, 1.54) is 0 Å². The molecule has 0 bridgehead atoms. The molecule has 1 aromatic rings. The molecular weight excluding hydrogens is 250 g/mol. The maximum absolute atomic E-state index is 11.3. The molecule has 18 heavy (non-hydrogen) atoms. The molecule has 0 saturated heterocycles. The fourth-order valence-electron chi connectivity index (χ4n) is 1.89. The molecule has 1 atom stereocenters. The first-order valence-electron chi connectivity index (χ1n) is 6.27. The Morgan fingerprint density at radius 2 is 2.11 bits per heavy atom. The number of benzene rings is 1. The molecule has 4 heteroatoms. The van der Waals surface area contributed by atoms with Crippen LogP contribution in [-0.4, -0.2) is 24.2 Å². The molecule has 0 aliphatic rings. The molecule has 0 heterocycles. The zero-order valence-corrected chi connectivity index (χ0v) is 11.9. The molecule has 0 aliphatic carbocycles. The van der Waals surface area contributed by atoms with E-state index in [1.54, 1.807) is 12.1 Å². The van der Waals surface area contributed by atoms with Crippen molar-refractivity contribution in [2.45, 2.75) is 27.2 Å². The quantitative estimate of drug-likeness (QED) is 0.851. The fourth-order valence-corrected chi connectivity index (χ4v) is 2.14. The van der Waals surface area contributed by atoms with Crippen molar-refractivity contribution < 1.29 is 9.90 Å². The van der Waals surface area contributed by atoms with Gasteiger partial charge in [-0.15, -0.1) is 0 Å². The van der Waals surface area contributed by atoms with Gasteiger partial charge in [0, 0.05) is 13.1 Å². The predicted octanol–water partition coefficient (Wildman–Crippen LogP) is 3.91. The van der Waals surface area contributed by atoms with Gasteiger partial charge in [-0.2, -0.15) is 0 Å². The molecule has 0 saturated carbocycles. The predicted molar refractivity (Wildman–Crippen MR) is 75.8 cm³/mol. The number of rotatable bonds is 6. The summed E-state index contributed by atoms with van der Waals surface area (Å²) in [4.78, 5) is 13.4. The van der Waals surface area contributed by atoms with Gasteiger partial charge in [0.05, 0.1) is 10.7 Å². The highest BCUT2D eigenvalue weighted by Gasteiger charge is 2.19. The molecule has 0 spiro atoms. The van der Waals surface area contributed by atoms with Crippen molar-refractivity contribution >= 4 is 23.3 Å². The molecule has 0 amide bonds. The highest BCUT2D eigenvalue weighted by molar-refractivity contribution is 6.34. The van der Waals surface area contributed by atoms with Crippen LogP contribution in [0.1, 0.15) is 37.6 Å². The van der Waals surface area contributed by atoms with Crippen molar-refractivity contribution in [3.8, 4) is 0 Å². The van der Waals surface area contributed by atoms with Crippen LogP contribution in [-0.2, 0) is 0 Å². The SMILES string of the molecule is CCC(C)CN(CC)c1cccc(Cl)c1C(=O)O. The molecule has 100 valence electrons. The second kappa shape index (κ2) is 6.64. The van der Waals surface area contributed by atoms with E-state index in [0.717, 1.165) is 19.5 Å². The third-order valence-electron chi connectivity index (χ3n) is 3.16. The second-order valence-corrected chi connectivity index (χ2v) is 4.90. The number of aromatic carboxylic acids is 1. The van der Waals surface area contributed by atoms with Crippen molar-refractivity contribution in [2.75, 3.05) is 18.0 Å². The summed E-state index contributed by atoms with van der Waals surface area (Å²) in [6.45, 7) is 7.93. The average molecular weight is 270 g/mol. The van der Waals surface area contributed by atoms with Gasteiger partial charge in [-0.3, -0.25) is 0 Å². The highest BCUT2D eigenvalue weighted by Crippen LogP contribution is 2.28. The molecule has 0 aliphatic heterocycles. The first-order chi connectivity index (χ1) is 8.51. The van der Waals surface area contributed by atoms with E-state index in [0.29, 0.717) is 16.6 Å². The van der Waals surface area contributed by atoms with E-state index in [9.17, 15) is 9.90 Å². The van der Waals surface area contributed by atoms with Crippen LogP contribution >= 0.6 is 11.6 Å². The monoisotopic (exact) mass is 269 g/mol. The number of hydrogen-bond donors (Lipinski definition) is 1. The highest BCUT2D eigenvalue weighted by atomic mass is 35.5. The van der Waals surface area contributed by atoms with Crippen molar-refractivity contribution in [2.24, 2.45) is 5.92 Å². The smallest absolute Gasteiger partial charge is 0.339 e. The minimum Gasteiger partial charge on any atom is -0.478 e. The third-order valence-corrected chi connectivity index (χ3v) is 3.47. The Labute approximate surface area is 113 Å². The Morgan fingerprint density at radius 1 is 1.44 bits per heavy atom. The van der Waals surface area contributed by atoms with Crippen molar-refractivity contribution in [1.29, 1.82) is 0 Å². The normalized spacial score (nSPS) is 12.2. The fraction of sp³-hybridized carbons (Fsp3) is 0.500. The molecule has 3 nitrogen and oxygen atoms in total. The lowest BCUT2D eigenvalue weighted by molar-refractivity contribution is 0.0697. The van der Waals surface area contributed by atoms with E-state index >= 15 is 0 Å². The minimum absolute atomic E-state index is 0.198. The largest absolute Gasteiger partial charge is 0.478 e. The third kappa shape index (κ3) is 3.39. The molecule has 1 aromatic carbocycles. The van der Waals surface area contributed by atoms with Gasteiger partial charge in [-0.05, 0) is 25.0 Å². The topological polar surface area (TPSA) is 40.5 Å². The molecule has 1 unspecified atom stereocenters. The first kappa shape index (κ1) is 14.8. The lowest BCUT2D eigenvalue weighted by Gasteiger charge is -2.27. The molecule has 0 fully saturated rings. The van der Waals surface area contributed by atoms with Crippen molar-refractivity contribution in [1.82, 2.24) is 0 Å². The van der Waals surface area contributed by atoms with Crippen LogP contribution in [0.3, 0.4) is 0 Å². The summed E-state index contributed by atoms with van der Waals surface area (Å²) >= 11 is 5.99. The van der Waals surface area contributed by atoms with Crippen molar-refractivity contribution in [3.63, 3.8) is 0 Å². The van der Waals surface area contributed by atoms with Gasteiger partial charge < -0.3 is 10.0 Å². The maximum atomic E-state index is 11.3.